The maximum absolute atomic E-state index is 7.32. The van der Waals surface area contributed by atoms with Gasteiger partial charge in [0.2, 0.25) is 0 Å². The predicted molar refractivity (Wildman–Crippen MR) is 58.5 cm³/mol. The molecule has 0 spiro atoms. The third kappa shape index (κ3) is 11.5. The lowest BCUT2D eigenvalue weighted by Crippen LogP contribution is -2.30. The van der Waals surface area contributed by atoms with Gasteiger partial charge in [0, 0.05) is 13.5 Å². The van der Waals surface area contributed by atoms with Crippen LogP contribution in [0.3, 0.4) is 0 Å². The van der Waals surface area contributed by atoms with E-state index in [4.69, 9.17) is 5.26 Å². The number of likely N-dealkylation sites (tertiary alicyclic amines) is 1. The molecule has 1 aliphatic heterocycles. The zero-order chi connectivity index (χ0) is 10.7. The van der Waals surface area contributed by atoms with E-state index in [9.17, 15) is 0 Å². The van der Waals surface area contributed by atoms with E-state index < -0.39 is 0 Å². The first-order chi connectivity index (χ1) is 6.20. The molecule has 0 N–H and O–H groups in total. The molecule has 13 heavy (non-hydrogen) atoms. The molecule has 78 valence electrons. The number of hydrogen-bond acceptors (Lipinski definition) is 2. The van der Waals surface area contributed by atoms with Gasteiger partial charge in [0.15, 0.2) is 0 Å². The molecule has 1 aliphatic rings. The van der Waals surface area contributed by atoms with Gasteiger partial charge in [-0.1, -0.05) is 20.8 Å². The van der Waals surface area contributed by atoms with Crippen LogP contribution in [0.2, 0.25) is 0 Å². The smallest absolute Gasteiger partial charge is 0.0587 e. The van der Waals surface area contributed by atoms with E-state index in [2.05, 4.69) is 18.9 Å². The minimum atomic E-state index is 0.939. The van der Waals surface area contributed by atoms with Crippen molar-refractivity contribution in [1.29, 1.82) is 5.26 Å². The summed E-state index contributed by atoms with van der Waals surface area (Å²) in [5, 5.41) is 7.32. The van der Waals surface area contributed by atoms with Crippen molar-refractivity contribution in [3.63, 3.8) is 0 Å². The monoisotopic (exact) mass is 184 g/mol. The predicted octanol–water partition coefficient (Wildman–Crippen LogP) is 2.90. The van der Waals surface area contributed by atoms with E-state index in [-0.39, 0.29) is 0 Å². The summed E-state index contributed by atoms with van der Waals surface area (Å²) >= 11 is 0. The van der Waals surface area contributed by atoms with E-state index in [0.717, 1.165) is 5.92 Å². The number of nitriles is 1. The SMILES string of the molecule is CC.CC#N.CC1CCCN(C)C1. The first-order valence-corrected chi connectivity index (χ1v) is 5.20. The molecule has 1 unspecified atom stereocenters. The zero-order valence-electron chi connectivity index (χ0n) is 9.80. The van der Waals surface area contributed by atoms with E-state index in [1.807, 2.05) is 13.8 Å². The molecule has 0 radical (unpaired) electrons. The van der Waals surface area contributed by atoms with Gasteiger partial charge in [0.05, 0.1) is 6.07 Å². The van der Waals surface area contributed by atoms with Crippen LogP contribution in [0.4, 0.5) is 0 Å². The minimum absolute atomic E-state index is 0.939. The average molecular weight is 184 g/mol. The lowest BCUT2D eigenvalue weighted by atomic mass is 10.0. The minimum Gasteiger partial charge on any atom is -0.306 e. The van der Waals surface area contributed by atoms with E-state index in [0.29, 0.717) is 0 Å². The average Bonchev–Trinajstić information content (AvgIpc) is 2.08. The molecule has 0 aromatic carbocycles. The molecule has 0 amide bonds. The van der Waals surface area contributed by atoms with Gasteiger partial charge in [-0.05, 0) is 32.4 Å². The molecular formula is C11H24N2. The molecule has 0 aromatic rings. The Morgan fingerprint density at radius 3 is 2.08 bits per heavy atom. The zero-order valence-corrected chi connectivity index (χ0v) is 9.80. The van der Waals surface area contributed by atoms with E-state index in [1.165, 1.54) is 32.9 Å². The first kappa shape index (κ1) is 14.9. The van der Waals surface area contributed by atoms with Gasteiger partial charge in [0.1, 0.15) is 0 Å². The maximum Gasteiger partial charge on any atom is 0.0587 e. The van der Waals surface area contributed by atoms with Crippen LogP contribution in [0.15, 0.2) is 0 Å². The van der Waals surface area contributed by atoms with Gasteiger partial charge in [0.25, 0.3) is 0 Å². The van der Waals surface area contributed by atoms with Gasteiger partial charge >= 0.3 is 0 Å². The Hall–Kier alpha value is -0.550. The second-order valence-electron chi connectivity index (χ2n) is 3.23. The summed E-state index contributed by atoms with van der Waals surface area (Å²) in [4.78, 5) is 2.41. The molecule has 1 rings (SSSR count). The molecule has 0 saturated carbocycles. The highest BCUT2D eigenvalue weighted by Gasteiger charge is 2.11. The van der Waals surface area contributed by atoms with Crippen molar-refractivity contribution in [3.8, 4) is 6.07 Å². The van der Waals surface area contributed by atoms with Crippen LogP contribution >= 0.6 is 0 Å². The van der Waals surface area contributed by atoms with Gasteiger partial charge in [-0.15, -0.1) is 0 Å². The summed E-state index contributed by atoms with van der Waals surface area (Å²) in [7, 11) is 2.20. The van der Waals surface area contributed by atoms with Gasteiger partial charge < -0.3 is 4.90 Å². The van der Waals surface area contributed by atoms with Crippen molar-refractivity contribution in [2.24, 2.45) is 5.92 Å². The van der Waals surface area contributed by atoms with Crippen molar-refractivity contribution in [3.05, 3.63) is 0 Å². The summed E-state index contributed by atoms with van der Waals surface area (Å²) in [5.41, 5.74) is 0. The fraction of sp³-hybridized carbons (Fsp3) is 0.909. The van der Waals surface area contributed by atoms with Crippen LogP contribution in [0, 0.1) is 17.2 Å². The fourth-order valence-corrected chi connectivity index (χ4v) is 1.42. The second-order valence-corrected chi connectivity index (χ2v) is 3.23. The van der Waals surface area contributed by atoms with Crippen molar-refractivity contribution < 1.29 is 0 Å². The molecule has 1 fully saturated rings. The summed E-state index contributed by atoms with van der Waals surface area (Å²) < 4.78 is 0. The van der Waals surface area contributed by atoms with Crippen LogP contribution in [-0.4, -0.2) is 25.0 Å². The van der Waals surface area contributed by atoms with Crippen LogP contribution in [0.5, 0.6) is 0 Å². The highest BCUT2D eigenvalue weighted by atomic mass is 15.1. The van der Waals surface area contributed by atoms with Crippen LogP contribution in [0.1, 0.15) is 40.5 Å². The molecule has 1 atom stereocenters. The number of piperidine rings is 1. The number of rotatable bonds is 0. The maximum atomic E-state index is 7.32. The van der Waals surface area contributed by atoms with Gasteiger partial charge in [-0.3, -0.25) is 0 Å². The van der Waals surface area contributed by atoms with Crippen molar-refractivity contribution in [1.82, 2.24) is 4.90 Å². The number of hydrogen-bond donors (Lipinski definition) is 0. The molecular weight excluding hydrogens is 160 g/mol. The topological polar surface area (TPSA) is 27.0 Å². The molecule has 0 aromatic heterocycles. The van der Waals surface area contributed by atoms with Crippen molar-refractivity contribution in [2.75, 3.05) is 20.1 Å². The largest absolute Gasteiger partial charge is 0.306 e. The molecule has 0 aliphatic carbocycles. The van der Waals surface area contributed by atoms with Crippen molar-refractivity contribution in [2.45, 2.75) is 40.5 Å². The quantitative estimate of drug-likeness (QED) is 0.579. The van der Waals surface area contributed by atoms with Gasteiger partial charge in [-0.25, -0.2) is 0 Å². The Morgan fingerprint density at radius 2 is 1.85 bits per heavy atom. The Labute approximate surface area is 83.5 Å². The highest BCUT2D eigenvalue weighted by Crippen LogP contribution is 2.12. The number of nitrogens with zero attached hydrogens (tertiary/aromatic N) is 2. The van der Waals surface area contributed by atoms with Crippen LogP contribution in [0.25, 0.3) is 0 Å². The van der Waals surface area contributed by atoms with Crippen molar-refractivity contribution >= 4 is 0 Å². The molecule has 2 heteroatoms. The van der Waals surface area contributed by atoms with Crippen LogP contribution in [-0.2, 0) is 0 Å². The Morgan fingerprint density at radius 1 is 1.38 bits per heavy atom. The highest BCUT2D eigenvalue weighted by molar-refractivity contribution is 4.65. The molecule has 1 saturated heterocycles. The summed E-state index contributed by atoms with van der Waals surface area (Å²) in [6.07, 6.45) is 2.84. The Balaban J connectivity index is 0. The fourth-order valence-electron chi connectivity index (χ4n) is 1.42. The lowest BCUT2D eigenvalue weighted by molar-refractivity contribution is 0.221. The standard InChI is InChI=1S/C7H15N.C2H3N.C2H6/c1-7-4-3-5-8(2)6-7;1-2-3;1-2/h7H,3-6H2,1-2H3;1H3;1-2H3. The third-order valence-electron chi connectivity index (χ3n) is 1.86. The van der Waals surface area contributed by atoms with E-state index in [1.54, 1.807) is 6.07 Å². The lowest BCUT2D eigenvalue weighted by Gasteiger charge is -2.26. The molecule has 0 bridgehead atoms. The second kappa shape index (κ2) is 11.4. The normalized spacial score (nSPS) is 21.4. The molecule has 1 heterocycles. The summed E-state index contributed by atoms with van der Waals surface area (Å²) in [6, 6.07) is 1.75. The molecule has 2 nitrogen and oxygen atoms in total. The summed E-state index contributed by atoms with van der Waals surface area (Å²) in [6.45, 7) is 10.4. The Kier molecular flexibility index (Phi) is 13.2. The van der Waals surface area contributed by atoms with E-state index >= 15 is 0 Å². The summed E-state index contributed by atoms with van der Waals surface area (Å²) in [5.74, 6) is 0.939. The van der Waals surface area contributed by atoms with Crippen LogP contribution < -0.4 is 0 Å². The Bertz CT molecular complexity index is 119. The first-order valence-electron chi connectivity index (χ1n) is 5.20. The third-order valence-corrected chi connectivity index (χ3v) is 1.86. The van der Waals surface area contributed by atoms with Gasteiger partial charge in [-0.2, -0.15) is 5.26 Å².